The Balaban J connectivity index is 0.000000278. The van der Waals surface area contributed by atoms with Gasteiger partial charge in [-0.3, -0.25) is 9.59 Å². The average molecular weight is 624 g/mol. The van der Waals surface area contributed by atoms with Crippen molar-refractivity contribution in [3.8, 4) is 11.3 Å². The number of hydrogen-bond donors (Lipinski definition) is 1. The minimum atomic E-state index is -0.0316. The number of aromatic nitrogens is 1. The predicted octanol–water partition coefficient (Wildman–Crippen LogP) is 6.12. The molecule has 2 aromatic heterocycles. The Hall–Kier alpha value is -3.04. The van der Waals surface area contributed by atoms with Crippen molar-refractivity contribution in [1.29, 1.82) is 0 Å². The molecule has 6 heteroatoms. The Morgan fingerprint density at radius 1 is 1.00 bits per heavy atom. The first kappa shape index (κ1) is 26.2. The molecule has 0 bridgehead atoms. The van der Waals surface area contributed by atoms with Gasteiger partial charge in [-0.25, -0.2) is 0 Å². The van der Waals surface area contributed by atoms with E-state index in [0.29, 0.717) is 21.9 Å². The van der Waals surface area contributed by atoms with Gasteiger partial charge in [0.2, 0.25) is 0 Å². The summed E-state index contributed by atoms with van der Waals surface area (Å²) >= 11 is 0. The summed E-state index contributed by atoms with van der Waals surface area (Å²) < 4.78 is 5.77. The van der Waals surface area contributed by atoms with Gasteiger partial charge in [-0.2, -0.15) is 0 Å². The van der Waals surface area contributed by atoms with Crippen LogP contribution in [0, 0.1) is 17.9 Å². The number of benzene rings is 2. The zero-order valence-corrected chi connectivity index (χ0v) is 21.2. The average Bonchev–Trinajstić information content (AvgIpc) is 2.80. The summed E-state index contributed by atoms with van der Waals surface area (Å²) in [6.45, 7) is 7.32. The van der Waals surface area contributed by atoms with E-state index in [-0.39, 0.29) is 49.9 Å². The number of aliphatic hydroxyl groups excluding tert-OH is 1. The third kappa shape index (κ3) is 6.49. The van der Waals surface area contributed by atoms with Crippen LogP contribution in [0.3, 0.4) is 0 Å². The van der Waals surface area contributed by atoms with Gasteiger partial charge in [-0.15, -0.1) is 23.8 Å². The molecule has 0 aliphatic carbocycles. The Bertz CT molecular complexity index is 1320. The third-order valence-electron chi connectivity index (χ3n) is 4.90. The van der Waals surface area contributed by atoms with Crippen molar-refractivity contribution in [2.75, 3.05) is 0 Å². The minimum Gasteiger partial charge on any atom is -0.512 e. The molecule has 1 N–H and O–H groups in total. The van der Waals surface area contributed by atoms with E-state index in [1.807, 2.05) is 58.0 Å². The molecule has 0 radical (unpaired) electrons. The molecular weight excluding hydrogens is 597 g/mol. The van der Waals surface area contributed by atoms with E-state index in [2.05, 4.69) is 11.1 Å². The van der Waals surface area contributed by atoms with Gasteiger partial charge in [0.25, 0.3) is 0 Å². The van der Waals surface area contributed by atoms with Gasteiger partial charge in [-0.05, 0) is 29.3 Å². The molecule has 0 fully saturated rings. The molecule has 0 saturated heterocycles. The summed E-state index contributed by atoms with van der Waals surface area (Å²) in [4.78, 5) is 27.9. The molecule has 0 unspecified atom stereocenters. The smallest absolute Gasteiger partial charge is 0.182 e. The van der Waals surface area contributed by atoms with Crippen LogP contribution in [0.4, 0.5) is 0 Å². The van der Waals surface area contributed by atoms with Gasteiger partial charge >= 0.3 is 0 Å². The quantitative estimate of drug-likeness (QED) is 0.128. The fourth-order valence-electron chi connectivity index (χ4n) is 2.90. The summed E-state index contributed by atoms with van der Waals surface area (Å²) in [5.41, 5.74) is 2.67. The fourth-order valence-corrected chi connectivity index (χ4v) is 2.90. The predicted molar refractivity (Wildman–Crippen MR) is 127 cm³/mol. The van der Waals surface area contributed by atoms with E-state index in [4.69, 9.17) is 4.42 Å². The monoisotopic (exact) mass is 623 g/mol. The van der Waals surface area contributed by atoms with Crippen molar-refractivity contribution in [3.63, 3.8) is 0 Å². The number of carbonyl (C=O) groups excluding carboxylic acids is 1. The van der Waals surface area contributed by atoms with Crippen LogP contribution in [0.2, 0.25) is 0 Å². The summed E-state index contributed by atoms with van der Waals surface area (Å²) in [6, 6.07) is 19.5. The molecule has 0 spiro atoms. The number of nitrogens with zero attached hydrogens (tertiary/aromatic N) is 1. The SMILES string of the molecule is CC(C)C(=O)C=C(O)C(C)C.O=c1c2ccccc2oc2c[c-]c(-c3ccccn3)cc12.[Pt]. The van der Waals surface area contributed by atoms with Crippen LogP contribution in [0.1, 0.15) is 27.7 Å². The summed E-state index contributed by atoms with van der Waals surface area (Å²) in [6.07, 6.45) is 3.03. The second kappa shape index (κ2) is 11.7. The molecule has 0 saturated carbocycles. The second-order valence-corrected chi connectivity index (χ2v) is 8.05. The molecular formula is C27H26NO4Pt-. The van der Waals surface area contributed by atoms with Crippen LogP contribution in [0.5, 0.6) is 0 Å². The van der Waals surface area contributed by atoms with Crippen LogP contribution in [0.25, 0.3) is 33.2 Å². The first-order chi connectivity index (χ1) is 15.3. The molecule has 4 aromatic rings. The summed E-state index contributed by atoms with van der Waals surface area (Å²) in [5.74, 6) is 0.161. The van der Waals surface area contributed by atoms with Gasteiger partial charge in [0, 0.05) is 45.2 Å². The topological polar surface area (TPSA) is 80.4 Å². The van der Waals surface area contributed by atoms with Crippen LogP contribution >= 0.6 is 0 Å². The van der Waals surface area contributed by atoms with Crippen molar-refractivity contribution in [2.45, 2.75) is 27.7 Å². The van der Waals surface area contributed by atoms with Crippen molar-refractivity contribution >= 4 is 27.7 Å². The molecule has 0 aliphatic heterocycles. The number of rotatable bonds is 4. The third-order valence-corrected chi connectivity index (χ3v) is 4.90. The van der Waals surface area contributed by atoms with Gasteiger partial charge < -0.3 is 14.5 Å². The Morgan fingerprint density at radius 3 is 2.33 bits per heavy atom. The standard InChI is InChI=1S/C18H10NO2.C9H16O2.Pt/c20-18-13-5-1-2-7-16(13)21-17-9-8-12(11-14(17)18)15-6-3-4-10-19-15;1-6(2)8(10)5-9(11)7(3)4;/h1-7,9-11H;5-7,10H,1-4H3;/q-1;;. The largest absolute Gasteiger partial charge is 0.512 e. The molecule has 2 heterocycles. The van der Waals surface area contributed by atoms with E-state index in [1.165, 1.54) is 6.08 Å². The zero-order valence-electron chi connectivity index (χ0n) is 18.9. The van der Waals surface area contributed by atoms with E-state index in [9.17, 15) is 14.7 Å². The van der Waals surface area contributed by atoms with Gasteiger partial charge in [-0.1, -0.05) is 52.0 Å². The van der Waals surface area contributed by atoms with Crippen molar-refractivity contribution in [3.05, 3.63) is 88.9 Å². The van der Waals surface area contributed by atoms with Crippen LogP contribution in [0.15, 0.2) is 81.8 Å². The number of allylic oxidation sites excluding steroid dienone is 2. The van der Waals surface area contributed by atoms with Gasteiger partial charge in [0.05, 0.1) is 16.7 Å². The molecule has 174 valence electrons. The first-order valence-electron chi connectivity index (χ1n) is 10.5. The van der Waals surface area contributed by atoms with Gasteiger partial charge in [0.15, 0.2) is 11.2 Å². The van der Waals surface area contributed by atoms with Crippen LogP contribution < -0.4 is 5.43 Å². The number of fused-ring (bicyclic) bond motifs is 2. The summed E-state index contributed by atoms with van der Waals surface area (Å²) in [5, 5.41) is 10.3. The number of hydrogen-bond acceptors (Lipinski definition) is 5. The van der Waals surface area contributed by atoms with E-state index >= 15 is 0 Å². The minimum absolute atomic E-state index is 0. The number of carbonyl (C=O) groups is 1. The number of para-hydroxylation sites is 1. The fraction of sp³-hybridized carbons (Fsp3) is 0.222. The Kier molecular flexibility index (Phi) is 9.30. The molecule has 2 aromatic carbocycles. The Morgan fingerprint density at radius 2 is 1.70 bits per heavy atom. The molecule has 0 amide bonds. The van der Waals surface area contributed by atoms with E-state index in [0.717, 1.165) is 11.3 Å². The maximum Gasteiger partial charge on any atom is 0.182 e. The van der Waals surface area contributed by atoms with E-state index in [1.54, 1.807) is 30.5 Å². The van der Waals surface area contributed by atoms with Crippen LogP contribution in [-0.4, -0.2) is 15.9 Å². The van der Waals surface area contributed by atoms with Crippen molar-refractivity contribution < 1.29 is 35.4 Å². The second-order valence-electron chi connectivity index (χ2n) is 8.05. The van der Waals surface area contributed by atoms with Crippen molar-refractivity contribution in [2.24, 2.45) is 11.8 Å². The van der Waals surface area contributed by atoms with Gasteiger partial charge in [0.1, 0.15) is 5.58 Å². The molecule has 5 nitrogen and oxygen atoms in total. The number of ketones is 1. The molecule has 0 aliphatic rings. The number of aliphatic hydroxyl groups is 1. The number of pyridine rings is 1. The Labute approximate surface area is 207 Å². The molecule has 0 atom stereocenters. The molecule has 4 rings (SSSR count). The summed E-state index contributed by atoms with van der Waals surface area (Å²) in [7, 11) is 0. The molecule has 33 heavy (non-hydrogen) atoms. The maximum atomic E-state index is 12.6. The normalized spacial score (nSPS) is 11.3. The zero-order chi connectivity index (χ0) is 23.3. The first-order valence-corrected chi connectivity index (χ1v) is 10.5. The van der Waals surface area contributed by atoms with E-state index < -0.39 is 0 Å². The maximum absolute atomic E-state index is 12.6. The van der Waals surface area contributed by atoms with Crippen LogP contribution in [-0.2, 0) is 25.9 Å². The van der Waals surface area contributed by atoms with Crippen molar-refractivity contribution in [1.82, 2.24) is 4.98 Å².